The molecule has 196 valence electrons. The fourth-order valence-corrected chi connectivity index (χ4v) is 3.61. The molecule has 0 atom stereocenters. The Hall–Kier alpha value is -2.86. The van der Waals surface area contributed by atoms with Gasteiger partial charge >= 0.3 is 0 Å². The molecule has 10 nitrogen and oxygen atoms in total. The predicted octanol–water partition coefficient (Wildman–Crippen LogP) is 1.27. The van der Waals surface area contributed by atoms with Crippen LogP contribution in [0, 0.1) is 0 Å². The summed E-state index contributed by atoms with van der Waals surface area (Å²) in [6, 6.07) is 9.87. The topological polar surface area (TPSA) is 130 Å². The van der Waals surface area contributed by atoms with Gasteiger partial charge in [0.25, 0.3) is 0 Å². The summed E-state index contributed by atoms with van der Waals surface area (Å²) in [7, 11) is 0. The molecule has 0 saturated carbocycles. The van der Waals surface area contributed by atoms with E-state index in [1.807, 2.05) is 0 Å². The highest BCUT2D eigenvalue weighted by molar-refractivity contribution is 6.30. The normalized spacial score (nSPS) is 12.4. The van der Waals surface area contributed by atoms with E-state index in [1.165, 1.54) is 0 Å². The minimum atomic E-state index is -0.345. The third-order valence-electron chi connectivity index (χ3n) is 5.18. The van der Waals surface area contributed by atoms with Crippen molar-refractivity contribution in [1.82, 2.24) is 0 Å². The summed E-state index contributed by atoms with van der Waals surface area (Å²) in [6.45, 7) is 2.74. The highest BCUT2D eigenvalue weighted by Crippen LogP contribution is 2.37. The maximum atomic E-state index is 13.5. The number of rotatable bonds is 18. The van der Waals surface area contributed by atoms with Gasteiger partial charge in [-0.3, -0.25) is 9.59 Å². The highest BCUT2D eigenvalue weighted by atomic mass is 16.6. The van der Waals surface area contributed by atoms with E-state index < -0.39 is 0 Å². The molecule has 0 radical (unpaired) electrons. The number of fused-ring (bicyclic) bond motifs is 2. The largest absolute Gasteiger partial charge is 0.490 e. The van der Waals surface area contributed by atoms with Crippen molar-refractivity contribution in [3.63, 3.8) is 0 Å². The summed E-state index contributed by atoms with van der Waals surface area (Å²) in [5.41, 5.74) is 0.975. The zero-order valence-electron chi connectivity index (χ0n) is 20.1. The smallest absolute Gasteiger partial charge is 0.201 e. The zero-order valence-corrected chi connectivity index (χ0v) is 20.1. The Kier molecular flexibility index (Phi) is 11.8. The second-order valence-electron chi connectivity index (χ2n) is 7.61. The van der Waals surface area contributed by atoms with E-state index in [-0.39, 0.29) is 86.7 Å². The monoisotopic (exact) mass is 504 g/mol. The number of ketones is 2. The molecule has 1 aliphatic carbocycles. The number of carbonyl (C=O) groups excluding carboxylic acids is 2. The first-order valence-corrected chi connectivity index (χ1v) is 11.8. The van der Waals surface area contributed by atoms with Gasteiger partial charge in [0.1, 0.15) is 24.7 Å². The van der Waals surface area contributed by atoms with Gasteiger partial charge in [-0.2, -0.15) is 0 Å². The molecule has 3 rings (SSSR count). The van der Waals surface area contributed by atoms with Crippen LogP contribution in [0.3, 0.4) is 0 Å². The van der Waals surface area contributed by atoms with E-state index in [1.54, 1.807) is 36.4 Å². The van der Waals surface area contributed by atoms with Crippen molar-refractivity contribution in [2.45, 2.75) is 0 Å². The van der Waals surface area contributed by atoms with Gasteiger partial charge in [0, 0.05) is 11.1 Å². The molecule has 0 unspecified atom stereocenters. The van der Waals surface area contributed by atoms with Crippen molar-refractivity contribution in [3.8, 4) is 11.5 Å². The molecule has 0 spiro atoms. The Morgan fingerprint density at radius 2 is 0.889 bits per heavy atom. The molecule has 1 aliphatic rings. The van der Waals surface area contributed by atoms with Gasteiger partial charge in [-0.05, 0) is 12.1 Å². The molecule has 10 heteroatoms. The number of benzene rings is 2. The summed E-state index contributed by atoms with van der Waals surface area (Å²) >= 11 is 0. The van der Waals surface area contributed by atoms with Crippen LogP contribution in [0.5, 0.6) is 11.5 Å². The van der Waals surface area contributed by atoms with E-state index in [0.29, 0.717) is 37.9 Å². The van der Waals surface area contributed by atoms with Gasteiger partial charge in [-0.15, -0.1) is 0 Å². The standard InChI is InChI=1S/C26H32O10/c27-7-9-31-11-13-33-15-17-35-21-5-1-3-19-23(21)26(30)24-20(25(19)29)4-2-6-22(24)36-18-16-34-14-12-32-10-8-28/h1-6,27-28H,7-18H2. The Bertz CT molecular complexity index is 915. The fourth-order valence-electron chi connectivity index (χ4n) is 3.61. The van der Waals surface area contributed by atoms with Gasteiger partial charge in [0.2, 0.25) is 5.78 Å². The molecule has 2 aromatic carbocycles. The predicted molar refractivity (Wildman–Crippen MR) is 128 cm³/mol. The Labute approximate surface area is 209 Å². The van der Waals surface area contributed by atoms with Crippen LogP contribution in [-0.2, 0) is 18.9 Å². The molecule has 0 heterocycles. The maximum absolute atomic E-state index is 13.5. The minimum Gasteiger partial charge on any atom is -0.490 e. The van der Waals surface area contributed by atoms with Crippen molar-refractivity contribution in [3.05, 3.63) is 58.7 Å². The lowest BCUT2D eigenvalue weighted by Crippen LogP contribution is -2.24. The van der Waals surface area contributed by atoms with Gasteiger partial charge < -0.3 is 38.6 Å². The van der Waals surface area contributed by atoms with E-state index in [4.69, 9.17) is 38.6 Å². The average molecular weight is 505 g/mol. The molecule has 0 fully saturated rings. The van der Waals surface area contributed by atoms with Gasteiger partial charge in [-0.1, -0.05) is 24.3 Å². The molecule has 0 bridgehead atoms. The van der Waals surface area contributed by atoms with Gasteiger partial charge in [0.05, 0.1) is 77.2 Å². The highest BCUT2D eigenvalue weighted by Gasteiger charge is 2.34. The zero-order chi connectivity index (χ0) is 25.6. The second-order valence-corrected chi connectivity index (χ2v) is 7.61. The first-order valence-electron chi connectivity index (χ1n) is 11.8. The number of aliphatic hydroxyl groups is 2. The van der Waals surface area contributed by atoms with Gasteiger partial charge in [-0.25, -0.2) is 0 Å². The fraction of sp³-hybridized carbons (Fsp3) is 0.462. The first-order chi connectivity index (χ1) is 17.7. The van der Waals surface area contributed by atoms with Crippen molar-refractivity contribution < 1.29 is 48.2 Å². The van der Waals surface area contributed by atoms with Crippen LogP contribution in [0.15, 0.2) is 36.4 Å². The second kappa shape index (κ2) is 15.3. The number of hydrogen-bond acceptors (Lipinski definition) is 10. The molecular weight excluding hydrogens is 472 g/mol. The number of ether oxygens (including phenoxy) is 6. The molecule has 0 saturated heterocycles. The minimum absolute atomic E-state index is 0.0415. The van der Waals surface area contributed by atoms with Crippen molar-refractivity contribution in [2.75, 3.05) is 79.3 Å². The SMILES string of the molecule is O=C1c2cccc(OCCOCCOCCO)c2C(=O)c2c(OCCOCCOCCO)cccc21. The molecule has 0 aliphatic heterocycles. The third-order valence-corrected chi connectivity index (χ3v) is 5.18. The summed E-state index contributed by atoms with van der Waals surface area (Å²) in [5, 5.41) is 17.4. The van der Waals surface area contributed by atoms with E-state index in [2.05, 4.69) is 0 Å². The van der Waals surface area contributed by atoms with Crippen LogP contribution in [0.1, 0.15) is 31.8 Å². The summed E-state index contributed by atoms with van der Waals surface area (Å²) < 4.78 is 32.7. The number of hydrogen-bond donors (Lipinski definition) is 2. The third kappa shape index (κ3) is 7.57. The molecule has 0 aromatic heterocycles. The Morgan fingerprint density at radius 3 is 1.31 bits per heavy atom. The lowest BCUT2D eigenvalue weighted by atomic mass is 9.83. The molecule has 2 N–H and O–H groups in total. The molecule has 0 amide bonds. The van der Waals surface area contributed by atoms with Crippen molar-refractivity contribution in [1.29, 1.82) is 0 Å². The van der Waals surface area contributed by atoms with E-state index in [9.17, 15) is 9.59 Å². The van der Waals surface area contributed by atoms with E-state index in [0.717, 1.165) is 0 Å². The summed E-state index contributed by atoms with van der Waals surface area (Å²) in [6.07, 6.45) is 0. The Balaban J connectivity index is 1.60. The van der Waals surface area contributed by atoms with E-state index >= 15 is 0 Å². The van der Waals surface area contributed by atoms with Crippen LogP contribution >= 0.6 is 0 Å². The number of aliphatic hydroxyl groups excluding tert-OH is 2. The van der Waals surface area contributed by atoms with Crippen LogP contribution in [0.2, 0.25) is 0 Å². The lowest BCUT2D eigenvalue weighted by Gasteiger charge is -2.22. The van der Waals surface area contributed by atoms with Crippen LogP contribution < -0.4 is 9.47 Å². The van der Waals surface area contributed by atoms with Crippen LogP contribution in [0.4, 0.5) is 0 Å². The summed E-state index contributed by atoms with van der Waals surface area (Å²) in [5.74, 6) is -0.0113. The molecular formula is C26H32O10. The lowest BCUT2D eigenvalue weighted by molar-refractivity contribution is 0.0245. The first kappa shape index (κ1) is 27.7. The quantitative estimate of drug-likeness (QED) is 0.244. The molecule has 36 heavy (non-hydrogen) atoms. The van der Waals surface area contributed by atoms with Gasteiger partial charge in [0.15, 0.2) is 5.78 Å². The van der Waals surface area contributed by atoms with Crippen LogP contribution in [0.25, 0.3) is 0 Å². The molecule has 2 aromatic rings. The average Bonchev–Trinajstić information content (AvgIpc) is 2.90. The maximum Gasteiger partial charge on any atom is 0.201 e. The Morgan fingerprint density at radius 1 is 0.500 bits per heavy atom. The number of carbonyl (C=O) groups is 2. The van der Waals surface area contributed by atoms with Crippen molar-refractivity contribution in [2.24, 2.45) is 0 Å². The van der Waals surface area contributed by atoms with Crippen molar-refractivity contribution >= 4 is 11.6 Å². The van der Waals surface area contributed by atoms with Crippen LogP contribution in [-0.4, -0.2) is 101 Å². The summed E-state index contributed by atoms with van der Waals surface area (Å²) in [4.78, 5) is 26.7.